The predicted molar refractivity (Wildman–Crippen MR) is 115 cm³/mol. The molecule has 0 unspecified atom stereocenters. The molecule has 0 aliphatic rings. The first-order valence-corrected chi connectivity index (χ1v) is 10.8. The first-order chi connectivity index (χ1) is 14.0. The summed E-state index contributed by atoms with van der Waals surface area (Å²) in [5, 5.41) is 2.67. The number of anilines is 1. The van der Waals surface area contributed by atoms with Gasteiger partial charge in [0.25, 0.3) is 5.91 Å². The van der Waals surface area contributed by atoms with Crippen LogP contribution in [0, 0.1) is 13.8 Å². The minimum atomic E-state index is -3.71. The molecule has 0 aliphatic carbocycles. The summed E-state index contributed by atoms with van der Waals surface area (Å²) < 4.78 is 32.5. The van der Waals surface area contributed by atoms with Crippen LogP contribution in [0.25, 0.3) is 0 Å². The Labute approximate surface area is 177 Å². The van der Waals surface area contributed by atoms with Crippen LogP contribution in [-0.2, 0) is 14.8 Å². The van der Waals surface area contributed by atoms with Gasteiger partial charge in [-0.25, -0.2) is 13.1 Å². The number of amides is 2. The largest absolute Gasteiger partial charge is 0.495 e. The van der Waals surface area contributed by atoms with E-state index in [9.17, 15) is 18.0 Å². The van der Waals surface area contributed by atoms with E-state index in [0.29, 0.717) is 17.0 Å². The first-order valence-electron chi connectivity index (χ1n) is 9.31. The minimum Gasteiger partial charge on any atom is -0.495 e. The highest BCUT2D eigenvalue weighted by atomic mass is 32.2. The number of carbonyl (C=O) groups is 2. The molecule has 0 saturated carbocycles. The Kier molecular flexibility index (Phi) is 7.58. The molecule has 9 heteroatoms. The zero-order valence-corrected chi connectivity index (χ0v) is 18.6. The quantitative estimate of drug-likeness (QED) is 0.665. The number of nitrogens with one attached hydrogen (secondary N) is 2. The van der Waals surface area contributed by atoms with E-state index in [0.717, 1.165) is 11.1 Å². The number of nitrogens with zero attached hydrogens (tertiary/aromatic N) is 1. The standard InChI is InChI=1S/C21H27N3O5S/c1-14-6-8-17(12-15(14)2)30(27,28)22-11-10-20(25)23-18-13-16(21(26)24(3)4)7-9-19(18)29-5/h6-9,12-13,22H,10-11H2,1-5H3,(H,23,25). The van der Waals surface area contributed by atoms with Gasteiger partial charge < -0.3 is 15.0 Å². The number of methoxy groups -OCH3 is 1. The topological polar surface area (TPSA) is 105 Å². The molecule has 0 heterocycles. The van der Waals surface area contributed by atoms with Crippen molar-refractivity contribution in [1.82, 2.24) is 9.62 Å². The average Bonchev–Trinajstić information content (AvgIpc) is 2.69. The van der Waals surface area contributed by atoms with Crippen molar-refractivity contribution in [2.24, 2.45) is 0 Å². The Morgan fingerprint density at radius 2 is 1.73 bits per heavy atom. The Morgan fingerprint density at radius 3 is 2.33 bits per heavy atom. The lowest BCUT2D eigenvalue weighted by Gasteiger charge is -2.14. The number of ether oxygens (including phenoxy) is 1. The lowest BCUT2D eigenvalue weighted by molar-refractivity contribution is -0.116. The third-order valence-corrected chi connectivity index (χ3v) is 6.02. The van der Waals surface area contributed by atoms with Gasteiger partial charge in [0.05, 0.1) is 17.7 Å². The van der Waals surface area contributed by atoms with Gasteiger partial charge in [0, 0.05) is 32.6 Å². The van der Waals surface area contributed by atoms with E-state index in [2.05, 4.69) is 10.0 Å². The summed E-state index contributed by atoms with van der Waals surface area (Å²) in [4.78, 5) is 26.0. The van der Waals surface area contributed by atoms with E-state index in [-0.39, 0.29) is 23.8 Å². The lowest BCUT2D eigenvalue weighted by Crippen LogP contribution is -2.28. The Hall–Kier alpha value is -2.91. The van der Waals surface area contributed by atoms with Gasteiger partial charge in [0.2, 0.25) is 15.9 Å². The zero-order chi connectivity index (χ0) is 22.5. The van der Waals surface area contributed by atoms with E-state index in [1.165, 1.54) is 24.1 Å². The molecule has 0 fully saturated rings. The molecule has 2 rings (SSSR count). The zero-order valence-electron chi connectivity index (χ0n) is 17.8. The molecule has 0 aliphatic heterocycles. The summed E-state index contributed by atoms with van der Waals surface area (Å²) >= 11 is 0. The van der Waals surface area contributed by atoms with Crippen molar-refractivity contribution in [3.63, 3.8) is 0 Å². The van der Waals surface area contributed by atoms with Crippen molar-refractivity contribution in [3.8, 4) is 5.75 Å². The maximum atomic E-state index is 12.4. The molecular formula is C21H27N3O5S. The number of carbonyl (C=O) groups excluding carboxylic acids is 2. The van der Waals surface area contributed by atoms with E-state index in [1.54, 1.807) is 38.4 Å². The van der Waals surface area contributed by atoms with Crippen molar-refractivity contribution in [2.75, 3.05) is 33.1 Å². The van der Waals surface area contributed by atoms with Crippen LogP contribution in [0.15, 0.2) is 41.3 Å². The van der Waals surface area contributed by atoms with Crippen LogP contribution >= 0.6 is 0 Å². The van der Waals surface area contributed by atoms with E-state index in [1.807, 2.05) is 13.8 Å². The SMILES string of the molecule is COc1ccc(C(=O)N(C)C)cc1NC(=O)CCNS(=O)(=O)c1ccc(C)c(C)c1. The molecule has 2 N–H and O–H groups in total. The lowest BCUT2D eigenvalue weighted by atomic mass is 10.1. The monoisotopic (exact) mass is 433 g/mol. The number of sulfonamides is 1. The van der Waals surface area contributed by atoms with E-state index in [4.69, 9.17) is 4.74 Å². The third kappa shape index (κ3) is 5.80. The fourth-order valence-corrected chi connectivity index (χ4v) is 3.79. The Bertz CT molecular complexity index is 1050. The molecule has 0 atom stereocenters. The minimum absolute atomic E-state index is 0.0697. The smallest absolute Gasteiger partial charge is 0.253 e. The number of rotatable bonds is 8. The van der Waals surface area contributed by atoms with Crippen LogP contribution in [0.1, 0.15) is 27.9 Å². The molecule has 0 spiro atoms. The van der Waals surface area contributed by atoms with Gasteiger partial charge in [-0.2, -0.15) is 0 Å². The first kappa shape index (κ1) is 23.4. The maximum absolute atomic E-state index is 12.4. The second-order valence-electron chi connectivity index (χ2n) is 7.06. The number of benzene rings is 2. The molecule has 0 aromatic heterocycles. The van der Waals surface area contributed by atoms with Gasteiger partial charge in [-0.05, 0) is 55.3 Å². The predicted octanol–water partition coefficient (Wildman–Crippen LogP) is 2.32. The van der Waals surface area contributed by atoms with Crippen molar-refractivity contribution >= 4 is 27.5 Å². The number of hydrogen-bond donors (Lipinski definition) is 2. The fourth-order valence-electron chi connectivity index (χ4n) is 2.67. The van der Waals surface area contributed by atoms with E-state index < -0.39 is 15.9 Å². The summed E-state index contributed by atoms with van der Waals surface area (Å²) in [6.07, 6.45) is -0.0842. The molecule has 2 aromatic carbocycles. The second kappa shape index (κ2) is 9.73. The highest BCUT2D eigenvalue weighted by Gasteiger charge is 2.16. The van der Waals surface area contributed by atoms with Crippen LogP contribution in [0.5, 0.6) is 5.75 Å². The van der Waals surface area contributed by atoms with Gasteiger partial charge in [0.1, 0.15) is 5.75 Å². The highest BCUT2D eigenvalue weighted by Crippen LogP contribution is 2.26. The van der Waals surface area contributed by atoms with Gasteiger partial charge in [0.15, 0.2) is 0 Å². The van der Waals surface area contributed by atoms with Gasteiger partial charge in [-0.15, -0.1) is 0 Å². The number of aryl methyl sites for hydroxylation is 2. The van der Waals surface area contributed by atoms with E-state index >= 15 is 0 Å². The molecule has 0 radical (unpaired) electrons. The Balaban J connectivity index is 2.03. The third-order valence-electron chi connectivity index (χ3n) is 4.56. The summed E-state index contributed by atoms with van der Waals surface area (Å²) in [6.45, 7) is 3.67. The summed E-state index contributed by atoms with van der Waals surface area (Å²) in [5.74, 6) is -0.228. The maximum Gasteiger partial charge on any atom is 0.253 e. The molecule has 162 valence electrons. The summed E-state index contributed by atoms with van der Waals surface area (Å²) in [6, 6.07) is 9.59. The molecule has 0 bridgehead atoms. The average molecular weight is 434 g/mol. The van der Waals surface area contributed by atoms with Crippen LogP contribution in [0.2, 0.25) is 0 Å². The van der Waals surface area contributed by atoms with Crippen LogP contribution in [0.3, 0.4) is 0 Å². The van der Waals surface area contributed by atoms with Crippen molar-refractivity contribution < 1.29 is 22.7 Å². The molecule has 0 saturated heterocycles. The molecular weight excluding hydrogens is 406 g/mol. The molecule has 8 nitrogen and oxygen atoms in total. The van der Waals surface area contributed by atoms with Gasteiger partial charge >= 0.3 is 0 Å². The highest BCUT2D eigenvalue weighted by molar-refractivity contribution is 7.89. The van der Waals surface area contributed by atoms with Gasteiger partial charge in [-0.1, -0.05) is 6.07 Å². The fraction of sp³-hybridized carbons (Fsp3) is 0.333. The summed E-state index contributed by atoms with van der Waals surface area (Å²) in [5.41, 5.74) is 2.60. The van der Waals surface area contributed by atoms with Crippen molar-refractivity contribution in [2.45, 2.75) is 25.2 Å². The molecule has 2 aromatic rings. The Morgan fingerprint density at radius 1 is 1.03 bits per heavy atom. The van der Waals surface area contributed by atoms with Gasteiger partial charge in [-0.3, -0.25) is 9.59 Å². The molecule has 2 amide bonds. The second-order valence-corrected chi connectivity index (χ2v) is 8.82. The van der Waals surface area contributed by atoms with Crippen LogP contribution in [0.4, 0.5) is 5.69 Å². The van der Waals surface area contributed by atoms with Crippen LogP contribution < -0.4 is 14.8 Å². The summed E-state index contributed by atoms with van der Waals surface area (Å²) in [7, 11) is 1.00. The molecule has 30 heavy (non-hydrogen) atoms. The normalized spacial score (nSPS) is 11.1. The van der Waals surface area contributed by atoms with Crippen molar-refractivity contribution in [1.29, 1.82) is 0 Å². The van der Waals surface area contributed by atoms with Crippen LogP contribution in [-0.4, -0.2) is 52.9 Å². The number of hydrogen-bond acceptors (Lipinski definition) is 5. The van der Waals surface area contributed by atoms with Crippen molar-refractivity contribution in [3.05, 3.63) is 53.1 Å².